The van der Waals surface area contributed by atoms with Gasteiger partial charge in [0.2, 0.25) is 11.8 Å². The summed E-state index contributed by atoms with van der Waals surface area (Å²) in [7, 11) is 4.87. The van der Waals surface area contributed by atoms with Gasteiger partial charge in [0.15, 0.2) is 0 Å². The summed E-state index contributed by atoms with van der Waals surface area (Å²) in [5, 5.41) is 5.65. The normalized spacial score (nSPS) is 11.7. The van der Waals surface area contributed by atoms with E-state index in [4.69, 9.17) is 9.47 Å². The highest BCUT2D eigenvalue weighted by molar-refractivity contribution is 5.91. The lowest BCUT2D eigenvalue weighted by Crippen LogP contribution is -2.39. The molecule has 8 nitrogen and oxygen atoms in total. The lowest BCUT2D eigenvalue weighted by molar-refractivity contribution is -0.123. The van der Waals surface area contributed by atoms with Crippen molar-refractivity contribution in [2.45, 2.75) is 19.9 Å². The first-order valence-electron chi connectivity index (χ1n) is 9.25. The van der Waals surface area contributed by atoms with Gasteiger partial charge in [0.05, 0.1) is 33.4 Å². The maximum absolute atomic E-state index is 12.4. The second-order valence-corrected chi connectivity index (χ2v) is 6.78. The molecular formula is C21H28N4O4. The molecule has 156 valence electrons. The minimum absolute atomic E-state index is 0.0693. The van der Waals surface area contributed by atoms with Gasteiger partial charge < -0.3 is 20.1 Å². The first-order valence-corrected chi connectivity index (χ1v) is 9.25. The predicted molar refractivity (Wildman–Crippen MR) is 111 cm³/mol. The molecule has 29 heavy (non-hydrogen) atoms. The van der Waals surface area contributed by atoms with Gasteiger partial charge in [-0.05, 0) is 51.2 Å². The molecule has 1 atom stereocenters. The van der Waals surface area contributed by atoms with E-state index in [1.165, 1.54) is 0 Å². The van der Waals surface area contributed by atoms with Gasteiger partial charge in [0.1, 0.15) is 17.3 Å². The molecule has 0 aliphatic heterocycles. The Balaban J connectivity index is 1.88. The molecule has 0 spiro atoms. The van der Waals surface area contributed by atoms with Crippen molar-refractivity contribution in [1.29, 1.82) is 0 Å². The van der Waals surface area contributed by atoms with E-state index >= 15 is 0 Å². The Morgan fingerprint density at radius 2 is 1.83 bits per heavy atom. The Morgan fingerprint density at radius 3 is 2.48 bits per heavy atom. The number of pyridine rings is 1. The van der Waals surface area contributed by atoms with E-state index < -0.39 is 0 Å². The Bertz CT molecular complexity index is 856. The van der Waals surface area contributed by atoms with E-state index in [2.05, 4.69) is 15.6 Å². The highest BCUT2D eigenvalue weighted by Gasteiger charge is 2.17. The largest absolute Gasteiger partial charge is 0.497 e. The van der Waals surface area contributed by atoms with Crippen molar-refractivity contribution in [2.75, 3.05) is 39.7 Å². The number of methoxy groups -OCH3 is 2. The number of rotatable bonds is 9. The number of benzene rings is 1. The van der Waals surface area contributed by atoms with Crippen LogP contribution < -0.4 is 20.1 Å². The summed E-state index contributed by atoms with van der Waals surface area (Å²) >= 11 is 0. The van der Waals surface area contributed by atoms with Crippen LogP contribution in [0.3, 0.4) is 0 Å². The van der Waals surface area contributed by atoms with Crippen molar-refractivity contribution in [3.63, 3.8) is 0 Å². The molecule has 8 heteroatoms. The summed E-state index contributed by atoms with van der Waals surface area (Å²) in [4.78, 5) is 30.4. The van der Waals surface area contributed by atoms with Crippen LogP contribution in [0.5, 0.6) is 11.5 Å². The molecule has 1 heterocycles. The summed E-state index contributed by atoms with van der Waals surface area (Å²) in [6.45, 7) is 3.86. The van der Waals surface area contributed by atoms with Gasteiger partial charge in [0.25, 0.3) is 0 Å². The zero-order valence-corrected chi connectivity index (χ0v) is 17.5. The lowest BCUT2D eigenvalue weighted by atomic mass is 10.1. The highest BCUT2D eigenvalue weighted by atomic mass is 16.5. The number of hydrogen-bond donors (Lipinski definition) is 2. The van der Waals surface area contributed by atoms with Gasteiger partial charge in [-0.1, -0.05) is 6.07 Å². The number of carbonyl (C=O) groups excluding carboxylic acids is 2. The molecule has 0 saturated heterocycles. The zero-order valence-electron chi connectivity index (χ0n) is 17.5. The smallest absolute Gasteiger partial charge is 0.239 e. The molecule has 2 amide bonds. The maximum Gasteiger partial charge on any atom is 0.239 e. The van der Waals surface area contributed by atoms with Crippen molar-refractivity contribution in [3.8, 4) is 11.5 Å². The molecule has 0 aliphatic carbocycles. The van der Waals surface area contributed by atoms with E-state index in [9.17, 15) is 9.59 Å². The first kappa shape index (κ1) is 22.2. The Kier molecular flexibility index (Phi) is 7.97. The number of nitrogens with one attached hydrogen (secondary N) is 2. The lowest BCUT2D eigenvalue weighted by Gasteiger charge is -2.20. The molecule has 1 aromatic heterocycles. The number of amides is 2. The highest BCUT2D eigenvalue weighted by Crippen LogP contribution is 2.29. The van der Waals surface area contributed by atoms with Crippen molar-refractivity contribution < 1.29 is 19.1 Å². The van der Waals surface area contributed by atoms with Gasteiger partial charge in [-0.15, -0.1) is 0 Å². The van der Waals surface area contributed by atoms with E-state index in [0.29, 0.717) is 17.3 Å². The van der Waals surface area contributed by atoms with Crippen LogP contribution in [0.2, 0.25) is 0 Å². The average Bonchev–Trinajstić information content (AvgIpc) is 2.66. The maximum atomic E-state index is 12.4. The molecule has 2 aromatic rings. The van der Waals surface area contributed by atoms with Crippen molar-refractivity contribution in [3.05, 3.63) is 47.7 Å². The van der Waals surface area contributed by atoms with Crippen LogP contribution in [-0.4, -0.2) is 56.1 Å². The number of anilines is 1. The number of hydrogen-bond acceptors (Lipinski definition) is 6. The van der Waals surface area contributed by atoms with Gasteiger partial charge in [-0.3, -0.25) is 14.5 Å². The minimum atomic E-state index is -0.286. The molecule has 1 aromatic carbocycles. The van der Waals surface area contributed by atoms with Crippen molar-refractivity contribution in [1.82, 2.24) is 15.2 Å². The first-order chi connectivity index (χ1) is 13.8. The third-order valence-electron chi connectivity index (χ3n) is 4.26. The zero-order chi connectivity index (χ0) is 21.4. The standard InChI is InChI=1S/C21H28N4O4/c1-14-7-6-8-19(22-14)24-21(27)13-25(3)12-20(26)23-15(2)17-11-16(28-4)9-10-18(17)29-5/h6-11,15H,12-13H2,1-5H3,(H,23,26)(H,22,24,27). The van der Waals surface area contributed by atoms with E-state index in [1.807, 2.05) is 32.0 Å². The average molecular weight is 400 g/mol. The Hall–Kier alpha value is -3.13. The molecule has 0 saturated carbocycles. The fourth-order valence-electron chi connectivity index (χ4n) is 2.88. The Morgan fingerprint density at radius 1 is 1.10 bits per heavy atom. The molecule has 0 radical (unpaired) electrons. The number of aryl methyl sites for hydroxylation is 1. The van der Waals surface area contributed by atoms with Crippen LogP contribution in [0.1, 0.15) is 24.2 Å². The van der Waals surface area contributed by atoms with Gasteiger partial charge >= 0.3 is 0 Å². The van der Waals surface area contributed by atoms with E-state index in [0.717, 1.165) is 11.3 Å². The van der Waals surface area contributed by atoms with Crippen LogP contribution in [0.25, 0.3) is 0 Å². The molecular weight excluding hydrogens is 372 g/mol. The molecule has 1 unspecified atom stereocenters. The second kappa shape index (κ2) is 10.4. The van der Waals surface area contributed by atoms with Crippen LogP contribution >= 0.6 is 0 Å². The fourth-order valence-corrected chi connectivity index (χ4v) is 2.88. The van der Waals surface area contributed by atoms with Crippen LogP contribution in [0.4, 0.5) is 5.82 Å². The van der Waals surface area contributed by atoms with Crippen LogP contribution in [-0.2, 0) is 9.59 Å². The predicted octanol–water partition coefficient (Wildman–Crippen LogP) is 2.15. The third kappa shape index (κ3) is 6.76. The molecule has 0 bridgehead atoms. The van der Waals surface area contributed by atoms with E-state index in [-0.39, 0.29) is 30.9 Å². The summed E-state index contributed by atoms with van der Waals surface area (Å²) < 4.78 is 10.6. The monoisotopic (exact) mass is 400 g/mol. The molecule has 0 fully saturated rings. The summed E-state index contributed by atoms with van der Waals surface area (Å²) in [6, 6.07) is 10.5. The van der Waals surface area contributed by atoms with Crippen LogP contribution in [0.15, 0.2) is 36.4 Å². The van der Waals surface area contributed by atoms with Crippen molar-refractivity contribution in [2.24, 2.45) is 0 Å². The fraction of sp³-hybridized carbons (Fsp3) is 0.381. The SMILES string of the molecule is COc1ccc(OC)c(C(C)NC(=O)CN(C)CC(=O)Nc2cccc(C)n2)c1. The van der Waals surface area contributed by atoms with Gasteiger partial charge in [-0.25, -0.2) is 4.98 Å². The number of likely N-dealkylation sites (N-methyl/N-ethyl adjacent to an activating group) is 1. The van der Waals surface area contributed by atoms with Gasteiger partial charge in [0, 0.05) is 11.3 Å². The topological polar surface area (TPSA) is 92.8 Å². The molecule has 2 rings (SSSR count). The number of aromatic nitrogens is 1. The number of ether oxygens (including phenoxy) is 2. The van der Waals surface area contributed by atoms with E-state index in [1.54, 1.807) is 44.4 Å². The third-order valence-corrected chi connectivity index (χ3v) is 4.26. The second-order valence-electron chi connectivity index (χ2n) is 6.78. The quantitative estimate of drug-likeness (QED) is 0.670. The summed E-state index contributed by atoms with van der Waals surface area (Å²) in [6.07, 6.45) is 0. The summed E-state index contributed by atoms with van der Waals surface area (Å²) in [5.41, 5.74) is 1.63. The summed E-state index contributed by atoms with van der Waals surface area (Å²) in [5.74, 6) is 1.40. The van der Waals surface area contributed by atoms with Crippen LogP contribution in [0, 0.1) is 6.92 Å². The Labute approximate surface area is 171 Å². The minimum Gasteiger partial charge on any atom is -0.497 e. The number of carbonyl (C=O) groups is 2. The molecule has 0 aliphatic rings. The van der Waals surface area contributed by atoms with Crippen molar-refractivity contribution >= 4 is 17.6 Å². The molecule has 2 N–H and O–H groups in total. The van der Waals surface area contributed by atoms with Gasteiger partial charge in [-0.2, -0.15) is 0 Å². The number of nitrogens with zero attached hydrogens (tertiary/aromatic N) is 2.